The Balaban J connectivity index is 2.07. The monoisotopic (exact) mass is 368 g/mol. The van der Waals surface area contributed by atoms with Gasteiger partial charge in [0.05, 0.1) is 0 Å². The van der Waals surface area contributed by atoms with Crippen molar-refractivity contribution in [3.05, 3.63) is 12.2 Å². The van der Waals surface area contributed by atoms with Gasteiger partial charge in [0.15, 0.2) is 5.60 Å². The first kappa shape index (κ1) is 18.6. The predicted octanol–water partition coefficient (Wildman–Crippen LogP) is 3.86. The molecule has 4 bridgehead atoms. The molecule has 4 aliphatic carbocycles. The molecule has 0 heterocycles. The Kier molecular flexibility index (Phi) is 4.21. The first-order chi connectivity index (χ1) is 11.4. The number of carbonyl (C=O) groups is 1. The van der Waals surface area contributed by atoms with E-state index in [1.54, 1.807) is 0 Å². The van der Waals surface area contributed by atoms with E-state index in [4.69, 9.17) is 4.74 Å². The Bertz CT molecular complexity index is 555. The number of esters is 1. The summed E-state index contributed by atoms with van der Waals surface area (Å²) in [7, 11) is 0. The van der Waals surface area contributed by atoms with Crippen LogP contribution in [0.25, 0.3) is 0 Å². The zero-order valence-corrected chi connectivity index (χ0v) is 13.8. The fourth-order valence-corrected chi connectivity index (χ4v) is 5.32. The maximum Gasteiger partial charge on any atom is 0.420 e. The van der Waals surface area contributed by atoms with Crippen LogP contribution in [-0.4, -0.2) is 34.9 Å². The molecule has 4 aliphatic rings. The summed E-state index contributed by atoms with van der Waals surface area (Å²) in [6.07, 6.45) is -7.36. The number of alkyl halides is 5. The Labute approximate surface area is 142 Å². The Hall–Kier alpha value is -1.18. The highest BCUT2D eigenvalue weighted by molar-refractivity contribution is 5.87. The maximum atomic E-state index is 15.1. The van der Waals surface area contributed by atoms with Gasteiger partial charge in [0, 0.05) is 17.4 Å². The molecule has 25 heavy (non-hydrogen) atoms. The highest BCUT2D eigenvalue weighted by Crippen LogP contribution is 2.65. The van der Waals surface area contributed by atoms with Crippen molar-refractivity contribution < 1.29 is 36.6 Å². The zero-order chi connectivity index (χ0) is 18.8. The number of halogens is 5. The lowest BCUT2D eigenvalue weighted by atomic mass is 9.48. The molecule has 4 saturated carbocycles. The Morgan fingerprint density at radius 1 is 1.08 bits per heavy atom. The fourth-order valence-electron chi connectivity index (χ4n) is 5.32. The van der Waals surface area contributed by atoms with Gasteiger partial charge in [-0.1, -0.05) is 6.58 Å². The van der Waals surface area contributed by atoms with Crippen LogP contribution < -0.4 is 0 Å². The Morgan fingerprint density at radius 2 is 1.52 bits per heavy atom. The molecule has 4 rings (SSSR count). The first-order valence-electron chi connectivity index (χ1n) is 8.41. The predicted molar refractivity (Wildman–Crippen MR) is 77.7 cm³/mol. The molecule has 8 heteroatoms. The SMILES string of the molecule is C=C(C)C(=O)OC1(C(F)(F)C(O)C(F)(F)F)C2CC3CC(C2)CC1C3. The number of hydrogen-bond acceptors (Lipinski definition) is 3. The highest BCUT2D eigenvalue weighted by atomic mass is 19.4. The van der Waals surface area contributed by atoms with Crippen LogP contribution >= 0.6 is 0 Å². The number of rotatable bonds is 4. The van der Waals surface area contributed by atoms with Crippen molar-refractivity contribution in [1.29, 1.82) is 0 Å². The van der Waals surface area contributed by atoms with Crippen LogP contribution in [0.1, 0.15) is 39.0 Å². The van der Waals surface area contributed by atoms with Crippen LogP contribution in [0.2, 0.25) is 0 Å². The second-order valence-corrected chi connectivity index (χ2v) is 7.83. The third kappa shape index (κ3) is 2.67. The molecule has 0 aromatic rings. The molecule has 3 nitrogen and oxygen atoms in total. The number of carbonyl (C=O) groups excluding carboxylic acids is 1. The van der Waals surface area contributed by atoms with Crippen molar-refractivity contribution in [1.82, 2.24) is 0 Å². The van der Waals surface area contributed by atoms with Crippen LogP contribution in [0.3, 0.4) is 0 Å². The topological polar surface area (TPSA) is 46.5 Å². The van der Waals surface area contributed by atoms with Gasteiger partial charge in [0.2, 0.25) is 6.10 Å². The smallest absolute Gasteiger partial charge is 0.420 e. The van der Waals surface area contributed by atoms with Crippen molar-refractivity contribution in [3.63, 3.8) is 0 Å². The van der Waals surface area contributed by atoms with Crippen LogP contribution in [-0.2, 0) is 9.53 Å². The van der Waals surface area contributed by atoms with E-state index in [0.717, 1.165) is 6.42 Å². The van der Waals surface area contributed by atoms with Gasteiger partial charge in [-0.25, -0.2) is 4.79 Å². The quantitative estimate of drug-likeness (QED) is 0.466. The molecule has 4 fully saturated rings. The second-order valence-electron chi connectivity index (χ2n) is 7.83. The average molecular weight is 368 g/mol. The third-order valence-corrected chi connectivity index (χ3v) is 6.14. The summed E-state index contributed by atoms with van der Waals surface area (Å²) in [6.45, 7) is 4.60. The van der Waals surface area contributed by atoms with E-state index in [2.05, 4.69) is 6.58 Å². The van der Waals surface area contributed by atoms with Crippen molar-refractivity contribution in [2.45, 2.75) is 62.8 Å². The summed E-state index contributed by atoms with van der Waals surface area (Å²) < 4.78 is 74.1. The largest absolute Gasteiger partial charge is 0.449 e. The lowest BCUT2D eigenvalue weighted by Crippen LogP contribution is -2.72. The van der Waals surface area contributed by atoms with Crippen molar-refractivity contribution >= 4 is 5.97 Å². The molecule has 1 N–H and O–H groups in total. The molecule has 0 aromatic heterocycles. The molecule has 0 amide bonds. The van der Waals surface area contributed by atoms with Crippen LogP contribution in [0.4, 0.5) is 22.0 Å². The average Bonchev–Trinajstić information content (AvgIpc) is 2.47. The summed E-state index contributed by atoms with van der Waals surface area (Å²) >= 11 is 0. The summed E-state index contributed by atoms with van der Waals surface area (Å²) in [6, 6.07) is 0. The van der Waals surface area contributed by atoms with Crippen LogP contribution in [0.15, 0.2) is 12.2 Å². The molecular formula is C17H21F5O3. The second kappa shape index (κ2) is 5.66. The minimum absolute atomic E-state index is 0.162. The standard InChI is InChI=1S/C17H21F5O3/c1-8(2)13(23)25-15(16(18,19)14(24)17(20,21)22)11-4-9-3-10(6-11)7-12(15)5-9/h9-12,14,24H,1,3-7H2,2H3. The number of aliphatic hydroxyl groups is 1. The molecule has 0 radical (unpaired) electrons. The van der Waals surface area contributed by atoms with Crippen molar-refractivity contribution in [3.8, 4) is 0 Å². The molecule has 0 aromatic carbocycles. The number of ether oxygens (including phenoxy) is 1. The molecular weight excluding hydrogens is 347 g/mol. The van der Waals surface area contributed by atoms with E-state index in [1.165, 1.54) is 6.92 Å². The fraction of sp³-hybridized carbons (Fsp3) is 0.824. The summed E-state index contributed by atoms with van der Waals surface area (Å²) in [5, 5.41) is 9.43. The number of aliphatic hydroxyl groups excluding tert-OH is 1. The maximum absolute atomic E-state index is 15.1. The van der Waals surface area contributed by atoms with Gasteiger partial charge in [-0.2, -0.15) is 22.0 Å². The van der Waals surface area contributed by atoms with E-state index >= 15 is 8.78 Å². The van der Waals surface area contributed by atoms with E-state index in [-0.39, 0.29) is 43.1 Å². The lowest BCUT2D eigenvalue weighted by Gasteiger charge is -2.62. The molecule has 0 aliphatic heterocycles. The summed E-state index contributed by atoms with van der Waals surface area (Å²) in [5.41, 5.74) is -2.80. The first-order valence-corrected chi connectivity index (χ1v) is 8.41. The van der Waals surface area contributed by atoms with Crippen molar-refractivity contribution in [2.75, 3.05) is 0 Å². The summed E-state index contributed by atoms with van der Waals surface area (Å²) in [4.78, 5) is 12.0. The van der Waals surface area contributed by atoms with E-state index < -0.39 is 41.6 Å². The highest BCUT2D eigenvalue weighted by Gasteiger charge is 2.76. The van der Waals surface area contributed by atoms with Crippen molar-refractivity contribution in [2.24, 2.45) is 23.7 Å². The zero-order valence-electron chi connectivity index (χ0n) is 13.8. The van der Waals surface area contributed by atoms with E-state index in [9.17, 15) is 23.1 Å². The van der Waals surface area contributed by atoms with Gasteiger partial charge in [-0.3, -0.25) is 0 Å². The van der Waals surface area contributed by atoms with Gasteiger partial charge in [0.25, 0.3) is 0 Å². The molecule has 0 saturated heterocycles. The van der Waals surface area contributed by atoms with E-state index in [0.29, 0.717) is 0 Å². The minimum Gasteiger partial charge on any atom is -0.449 e. The third-order valence-electron chi connectivity index (χ3n) is 6.14. The molecule has 1 atom stereocenters. The van der Waals surface area contributed by atoms with Gasteiger partial charge in [-0.05, 0) is 50.9 Å². The van der Waals surface area contributed by atoms with Crippen LogP contribution in [0, 0.1) is 23.7 Å². The summed E-state index contributed by atoms with van der Waals surface area (Å²) in [5.74, 6) is -7.21. The van der Waals surface area contributed by atoms with E-state index in [1.807, 2.05) is 0 Å². The Morgan fingerprint density at radius 3 is 1.88 bits per heavy atom. The lowest BCUT2D eigenvalue weighted by molar-refractivity contribution is -0.353. The normalized spacial score (nSPS) is 38.5. The van der Waals surface area contributed by atoms with Gasteiger partial charge in [-0.15, -0.1) is 0 Å². The molecule has 1 unspecified atom stereocenters. The number of hydrogen-bond donors (Lipinski definition) is 1. The van der Waals surface area contributed by atoms with Gasteiger partial charge < -0.3 is 9.84 Å². The van der Waals surface area contributed by atoms with Crippen LogP contribution in [0.5, 0.6) is 0 Å². The molecule has 142 valence electrons. The minimum atomic E-state index is -5.51. The van der Waals surface area contributed by atoms with Gasteiger partial charge >= 0.3 is 18.1 Å². The molecule has 0 spiro atoms. The van der Waals surface area contributed by atoms with Gasteiger partial charge in [0.1, 0.15) is 0 Å².